The Morgan fingerprint density at radius 3 is 1.07 bits per heavy atom. The normalized spacial score (nSPS) is 14.9. The van der Waals surface area contributed by atoms with E-state index < -0.39 is 11.0 Å². The predicted octanol–water partition coefficient (Wildman–Crippen LogP) is 9.58. The largest absolute Gasteiger partial charge is 0.392 e. The molecule has 0 aliphatic heterocycles. The molecule has 1 N–H and O–H groups in total. The Morgan fingerprint density at radius 2 is 0.821 bits per heavy atom. The van der Waals surface area contributed by atoms with Crippen molar-refractivity contribution in [2.75, 3.05) is 0 Å². The Labute approximate surface area is 183 Å². The van der Waals surface area contributed by atoms with E-state index in [-0.39, 0.29) is 0 Å². The standard InChI is InChI=1S/C26H53ClO/c1-4-5-6-7-8-9-10-11-12-13-14-15-16-17-18-19-20-21-22-23-24-26(3,27)25(2)28/h25,28H,4-24H2,1-3H3. The van der Waals surface area contributed by atoms with E-state index in [0.717, 1.165) is 12.8 Å². The lowest BCUT2D eigenvalue weighted by atomic mass is 9.96. The molecule has 0 aromatic rings. The second-order valence-corrected chi connectivity index (χ2v) is 10.3. The number of hydrogen-bond acceptors (Lipinski definition) is 1. The Morgan fingerprint density at radius 1 is 0.571 bits per heavy atom. The molecule has 0 amide bonds. The van der Waals surface area contributed by atoms with Crippen LogP contribution >= 0.6 is 11.6 Å². The van der Waals surface area contributed by atoms with Crippen LogP contribution in [0.15, 0.2) is 0 Å². The van der Waals surface area contributed by atoms with Gasteiger partial charge in [-0.15, -0.1) is 11.6 Å². The van der Waals surface area contributed by atoms with Gasteiger partial charge in [0.1, 0.15) is 0 Å². The van der Waals surface area contributed by atoms with Crippen molar-refractivity contribution in [2.24, 2.45) is 0 Å². The van der Waals surface area contributed by atoms with Crippen LogP contribution in [0.4, 0.5) is 0 Å². The first-order chi connectivity index (χ1) is 13.5. The van der Waals surface area contributed by atoms with Gasteiger partial charge in [-0.3, -0.25) is 0 Å². The number of unbranched alkanes of at least 4 members (excludes halogenated alkanes) is 19. The highest BCUT2D eigenvalue weighted by Gasteiger charge is 2.25. The van der Waals surface area contributed by atoms with Crippen LogP contribution in [-0.2, 0) is 0 Å². The predicted molar refractivity (Wildman–Crippen MR) is 129 cm³/mol. The van der Waals surface area contributed by atoms with E-state index in [1.807, 2.05) is 6.92 Å². The molecule has 0 heterocycles. The second kappa shape index (κ2) is 20.5. The molecule has 0 radical (unpaired) electrons. The molecule has 2 atom stereocenters. The van der Waals surface area contributed by atoms with Crippen LogP contribution in [0, 0.1) is 0 Å². The molecular weight excluding hydrogens is 364 g/mol. The van der Waals surface area contributed by atoms with Gasteiger partial charge in [0.2, 0.25) is 0 Å². The van der Waals surface area contributed by atoms with Crippen LogP contribution in [0.1, 0.15) is 156 Å². The summed E-state index contributed by atoms with van der Waals surface area (Å²) in [6.07, 6.45) is 28.7. The Balaban J connectivity index is 3.11. The topological polar surface area (TPSA) is 20.2 Å². The first kappa shape index (κ1) is 28.2. The monoisotopic (exact) mass is 416 g/mol. The first-order valence-electron chi connectivity index (χ1n) is 12.9. The number of rotatable bonds is 22. The van der Waals surface area contributed by atoms with Gasteiger partial charge in [0.25, 0.3) is 0 Å². The van der Waals surface area contributed by atoms with Gasteiger partial charge in [-0.05, 0) is 20.3 Å². The molecule has 2 heteroatoms. The maximum absolute atomic E-state index is 9.61. The summed E-state index contributed by atoms with van der Waals surface area (Å²) in [7, 11) is 0. The summed E-state index contributed by atoms with van der Waals surface area (Å²) in [6, 6.07) is 0. The number of aliphatic hydroxyl groups excluding tert-OH is 1. The zero-order valence-electron chi connectivity index (χ0n) is 19.8. The van der Waals surface area contributed by atoms with Crippen LogP contribution < -0.4 is 0 Å². The van der Waals surface area contributed by atoms with Crippen molar-refractivity contribution in [3.63, 3.8) is 0 Å². The lowest BCUT2D eigenvalue weighted by Gasteiger charge is -2.25. The number of alkyl halides is 1. The summed E-state index contributed by atoms with van der Waals surface area (Å²) in [5, 5.41) is 9.61. The van der Waals surface area contributed by atoms with E-state index in [9.17, 15) is 5.11 Å². The highest BCUT2D eigenvalue weighted by Crippen LogP contribution is 2.26. The minimum atomic E-state index is -0.436. The molecule has 0 fully saturated rings. The van der Waals surface area contributed by atoms with Crippen molar-refractivity contribution in [2.45, 2.75) is 167 Å². The minimum absolute atomic E-state index is 0.422. The van der Waals surface area contributed by atoms with Crippen molar-refractivity contribution in [1.82, 2.24) is 0 Å². The maximum Gasteiger partial charge on any atom is 0.0701 e. The Bertz CT molecular complexity index is 301. The van der Waals surface area contributed by atoms with Crippen LogP contribution in [0.3, 0.4) is 0 Å². The third-order valence-corrected chi connectivity index (χ3v) is 6.90. The van der Waals surface area contributed by atoms with E-state index in [2.05, 4.69) is 6.92 Å². The SMILES string of the molecule is CCCCCCCCCCCCCCCCCCCCCCC(C)(Cl)C(C)O. The number of halogens is 1. The fourth-order valence-electron chi connectivity index (χ4n) is 3.93. The molecule has 0 rings (SSSR count). The highest BCUT2D eigenvalue weighted by molar-refractivity contribution is 6.24. The van der Waals surface area contributed by atoms with Crippen molar-refractivity contribution in [1.29, 1.82) is 0 Å². The third-order valence-electron chi connectivity index (χ3n) is 6.39. The van der Waals surface area contributed by atoms with E-state index in [4.69, 9.17) is 11.6 Å². The van der Waals surface area contributed by atoms with E-state index in [0.29, 0.717) is 0 Å². The van der Waals surface area contributed by atoms with Crippen molar-refractivity contribution in [3.05, 3.63) is 0 Å². The van der Waals surface area contributed by atoms with Gasteiger partial charge in [-0.25, -0.2) is 0 Å². The molecule has 170 valence electrons. The third kappa shape index (κ3) is 19.6. The summed E-state index contributed by atoms with van der Waals surface area (Å²) in [5.41, 5.74) is 0. The summed E-state index contributed by atoms with van der Waals surface area (Å²) in [4.78, 5) is -0.436. The van der Waals surface area contributed by atoms with E-state index >= 15 is 0 Å². The van der Waals surface area contributed by atoms with E-state index in [1.54, 1.807) is 6.92 Å². The minimum Gasteiger partial charge on any atom is -0.392 e. The molecule has 0 spiro atoms. The number of aliphatic hydroxyl groups is 1. The summed E-state index contributed by atoms with van der Waals surface area (Å²) in [6.45, 7) is 6.04. The van der Waals surface area contributed by atoms with Gasteiger partial charge in [0.05, 0.1) is 11.0 Å². The van der Waals surface area contributed by atoms with Gasteiger partial charge in [0.15, 0.2) is 0 Å². The van der Waals surface area contributed by atoms with Crippen LogP contribution in [0.2, 0.25) is 0 Å². The Hall–Kier alpha value is 0.250. The van der Waals surface area contributed by atoms with Crippen molar-refractivity contribution < 1.29 is 5.11 Å². The molecular formula is C26H53ClO. The van der Waals surface area contributed by atoms with E-state index in [1.165, 1.54) is 122 Å². The maximum atomic E-state index is 9.61. The highest BCUT2D eigenvalue weighted by atomic mass is 35.5. The first-order valence-corrected chi connectivity index (χ1v) is 13.3. The zero-order chi connectivity index (χ0) is 20.9. The van der Waals surface area contributed by atoms with Crippen LogP contribution in [-0.4, -0.2) is 16.1 Å². The van der Waals surface area contributed by atoms with Crippen LogP contribution in [0.5, 0.6) is 0 Å². The van der Waals surface area contributed by atoms with Gasteiger partial charge < -0.3 is 5.11 Å². The summed E-state index contributed by atoms with van der Waals surface area (Å²) >= 11 is 6.31. The molecule has 0 aliphatic carbocycles. The molecule has 0 saturated heterocycles. The molecule has 28 heavy (non-hydrogen) atoms. The molecule has 0 aromatic carbocycles. The van der Waals surface area contributed by atoms with Gasteiger partial charge in [0, 0.05) is 0 Å². The molecule has 1 nitrogen and oxygen atoms in total. The smallest absolute Gasteiger partial charge is 0.0701 e. The quantitative estimate of drug-likeness (QED) is 0.137. The van der Waals surface area contributed by atoms with Gasteiger partial charge >= 0.3 is 0 Å². The number of hydrogen-bond donors (Lipinski definition) is 1. The lowest BCUT2D eigenvalue weighted by molar-refractivity contribution is 0.143. The zero-order valence-corrected chi connectivity index (χ0v) is 20.5. The summed E-state index contributed by atoms with van der Waals surface area (Å²) < 4.78 is 0. The average Bonchev–Trinajstić information content (AvgIpc) is 2.66. The molecule has 0 bridgehead atoms. The average molecular weight is 417 g/mol. The fraction of sp³-hybridized carbons (Fsp3) is 1.00. The molecule has 2 unspecified atom stereocenters. The lowest BCUT2D eigenvalue weighted by Crippen LogP contribution is -2.30. The molecule has 0 saturated carbocycles. The van der Waals surface area contributed by atoms with Gasteiger partial charge in [-0.1, -0.05) is 135 Å². The fourth-order valence-corrected chi connectivity index (χ4v) is 4.07. The second-order valence-electron chi connectivity index (χ2n) is 9.42. The van der Waals surface area contributed by atoms with Gasteiger partial charge in [-0.2, -0.15) is 0 Å². The van der Waals surface area contributed by atoms with Crippen molar-refractivity contribution >= 4 is 11.6 Å². The Kier molecular flexibility index (Phi) is 20.7. The van der Waals surface area contributed by atoms with Crippen molar-refractivity contribution in [3.8, 4) is 0 Å². The molecule has 0 aliphatic rings. The van der Waals surface area contributed by atoms with Crippen LogP contribution in [0.25, 0.3) is 0 Å². The molecule has 0 aromatic heterocycles. The summed E-state index contributed by atoms with van der Waals surface area (Å²) in [5.74, 6) is 0.